The summed E-state index contributed by atoms with van der Waals surface area (Å²) in [5.74, 6) is 0.173. The summed E-state index contributed by atoms with van der Waals surface area (Å²) >= 11 is 6.00. The quantitative estimate of drug-likeness (QED) is 0.815. The summed E-state index contributed by atoms with van der Waals surface area (Å²) in [6, 6.07) is 15.5. The van der Waals surface area contributed by atoms with E-state index in [2.05, 4.69) is 6.07 Å². The third-order valence-electron chi connectivity index (χ3n) is 5.37. The van der Waals surface area contributed by atoms with Crippen molar-refractivity contribution in [3.8, 4) is 0 Å². The molecule has 5 heteroatoms. The normalized spacial score (nSPS) is 17.6. The Morgan fingerprint density at radius 3 is 2.58 bits per heavy atom. The highest BCUT2D eigenvalue weighted by Gasteiger charge is 2.49. The van der Waals surface area contributed by atoms with Gasteiger partial charge in [0.1, 0.15) is 0 Å². The molecule has 2 heterocycles. The second-order valence-electron chi connectivity index (χ2n) is 7.47. The Balaban J connectivity index is 1.46. The largest absolute Gasteiger partial charge is 0.341 e. The van der Waals surface area contributed by atoms with Crippen molar-refractivity contribution >= 4 is 29.1 Å². The number of carbonyl (C=O) groups excluding carboxylic acids is 2. The van der Waals surface area contributed by atoms with Crippen LogP contribution in [0.4, 0.5) is 5.69 Å². The molecule has 2 amide bonds. The van der Waals surface area contributed by atoms with E-state index in [-0.39, 0.29) is 17.2 Å². The first-order valence-corrected chi connectivity index (χ1v) is 9.22. The Bertz CT molecular complexity index is 874. The fourth-order valence-electron chi connectivity index (χ4n) is 4.17. The molecule has 2 aromatic rings. The third kappa shape index (κ3) is 3.10. The molecule has 0 radical (unpaired) electrons. The molecule has 0 bridgehead atoms. The van der Waals surface area contributed by atoms with Crippen molar-refractivity contribution in [1.82, 2.24) is 4.90 Å². The maximum atomic E-state index is 12.6. The fraction of sp³-hybridized carbons (Fsp3) is 0.333. The number of fused-ring (bicyclic) bond motifs is 1. The summed E-state index contributed by atoms with van der Waals surface area (Å²) in [6.45, 7) is 3.69. The molecule has 2 aliphatic rings. The van der Waals surface area contributed by atoms with Crippen LogP contribution in [0, 0.1) is 5.41 Å². The van der Waals surface area contributed by atoms with Crippen LogP contribution in [0.25, 0.3) is 0 Å². The van der Waals surface area contributed by atoms with Crippen LogP contribution in [-0.4, -0.2) is 36.3 Å². The van der Waals surface area contributed by atoms with Crippen LogP contribution in [0.15, 0.2) is 48.5 Å². The maximum absolute atomic E-state index is 12.6. The summed E-state index contributed by atoms with van der Waals surface area (Å²) in [5, 5.41) is 0.649. The highest BCUT2D eigenvalue weighted by molar-refractivity contribution is 6.30. The van der Waals surface area contributed by atoms with Gasteiger partial charge in [0, 0.05) is 42.7 Å². The van der Waals surface area contributed by atoms with E-state index in [4.69, 9.17) is 11.6 Å². The first-order chi connectivity index (χ1) is 12.5. The van der Waals surface area contributed by atoms with Gasteiger partial charge in [-0.3, -0.25) is 9.59 Å². The summed E-state index contributed by atoms with van der Waals surface area (Å²) in [6.07, 6.45) is 1.28. The smallest absolute Gasteiger partial charge is 0.227 e. The van der Waals surface area contributed by atoms with Gasteiger partial charge in [-0.05, 0) is 35.7 Å². The molecule has 2 aromatic carbocycles. The number of hydrogen-bond donors (Lipinski definition) is 0. The van der Waals surface area contributed by atoms with Crippen LogP contribution in [0.5, 0.6) is 0 Å². The zero-order chi connectivity index (χ0) is 18.3. The van der Waals surface area contributed by atoms with Gasteiger partial charge in [0.15, 0.2) is 0 Å². The lowest BCUT2D eigenvalue weighted by Gasteiger charge is -2.54. The molecular formula is C21H21ClN2O2. The highest BCUT2D eigenvalue weighted by atomic mass is 35.5. The van der Waals surface area contributed by atoms with Gasteiger partial charge in [-0.1, -0.05) is 41.9 Å². The molecule has 2 aliphatic heterocycles. The molecule has 1 spiro atoms. The number of likely N-dealkylation sites (tertiary alicyclic amines) is 1. The number of halogens is 1. The van der Waals surface area contributed by atoms with E-state index in [0.29, 0.717) is 31.1 Å². The number of rotatable bonds is 2. The average molecular weight is 369 g/mol. The van der Waals surface area contributed by atoms with E-state index in [1.807, 2.05) is 52.3 Å². The van der Waals surface area contributed by atoms with Gasteiger partial charge in [0.2, 0.25) is 11.8 Å². The summed E-state index contributed by atoms with van der Waals surface area (Å²) in [5.41, 5.74) is 3.11. The summed E-state index contributed by atoms with van der Waals surface area (Å²) in [4.78, 5) is 28.5. The lowest BCUT2D eigenvalue weighted by Crippen LogP contribution is -2.65. The van der Waals surface area contributed by atoms with Gasteiger partial charge in [-0.25, -0.2) is 0 Å². The number of carbonyl (C=O) groups is 2. The highest BCUT2D eigenvalue weighted by Crippen LogP contribution is 2.42. The summed E-state index contributed by atoms with van der Waals surface area (Å²) in [7, 11) is 0. The minimum Gasteiger partial charge on any atom is -0.341 e. The molecule has 134 valence electrons. The predicted octanol–water partition coefficient (Wildman–Crippen LogP) is 3.32. The SMILES string of the molecule is CC(=O)N1CC2(Cc3ccccc31)CN(C(=O)Cc1cccc(Cl)c1)C2. The van der Waals surface area contributed by atoms with Crippen molar-refractivity contribution in [3.05, 3.63) is 64.7 Å². The zero-order valence-corrected chi connectivity index (χ0v) is 15.5. The van der Waals surface area contributed by atoms with Crippen LogP contribution in [-0.2, 0) is 22.4 Å². The van der Waals surface area contributed by atoms with E-state index in [9.17, 15) is 9.59 Å². The Labute approximate surface area is 158 Å². The van der Waals surface area contributed by atoms with Gasteiger partial charge < -0.3 is 9.80 Å². The van der Waals surface area contributed by atoms with Gasteiger partial charge in [0.25, 0.3) is 0 Å². The van der Waals surface area contributed by atoms with Crippen molar-refractivity contribution in [2.45, 2.75) is 19.8 Å². The number of benzene rings is 2. The monoisotopic (exact) mass is 368 g/mol. The Hall–Kier alpha value is -2.33. The van der Waals surface area contributed by atoms with Crippen LogP contribution in [0.1, 0.15) is 18.1 Å². The summed E-state index contributed by atoms with van der Waals surface area (Å²) < 4.78 is 0. The van der Waals surface area contributed by atoms with Crippen LogP contribution >= 0.6 is 11.6 Å². The molecule has 0 aliphatic carbocycles. The second kappa shape index (κ2) is 6.44. The lowest BCUT2D eigenvalue weighted by atomic mass is 9.71. The molecule has 4 rings (SSSR count). The van der Waals surface area contributed by atoms with E-state index in [1.165, 1.54) is 5.56 Å². The number of amides is 2. The lowest BCUT2D eigenvalue weighted by molar-refractivity contribution is -0.142. The number of para-hydroxylation sites is 1. The molecule has 1 saturated heterocycles. The minimum absolute atomic E-state index is 0.0238. The molecule has 4 nitrogen and oxygen atoms in total. The van der Waals surface area contributed by atoms with Crippen molar-refractivity contribution in [1.29, 1.82) is 0 Å². The third-order valence-corrected chi connectivity index (χ3v) is 5.61. The molecule has 0 saturated carbocycles. The van der Waals surface area contributed by atoms with Crippen molar-refractivity contribution < 1.29 is 9.59 Å². The molecule has 0 aromatic heterocycles. The van der Waals surface area contributed by atoms with Crippen molar-refractivity contribution in [3.63, 3.8) is 0 Å². The number of nitrogens with zero attached hydrogens (tertiary/aromatic N) is 2. The molecule has 1 fully saturated rings. The molecule has 0 atom stereocenters. The minimum atomic E-state index is -0.0238. The molecule has 26 heavy (non-hydrogen) atoms. The second-order valence-corrected chi connectivity index (χ2v) is 7.90. The van der Waals surface area contributed by atoms with Gasteiger partial charge >= 0.3 is 0 Å². The number of hydrogen-bond acceptors (Lipinski definition) is 2. The topological polar surface area (TPSA) is 40.6 Å². The standard InChI is InChI=1S/C21H21ClN2O2/c1-15(25)24-14-21(11-17-6-2-3-8-19(17)24)12-23(13-21)20(26)10-16-5-4-7-18(22)9-16/h2-9H,10-14H2,1H3. The Morgan fingerprint density at radius 1 is 1.08 bits per heavy atom. The average Bonchev–Trinajstić information content (AvgIpc) is 2.58. The van der Waals surface area contributed by atoms with Gasteiger partial charge in [-0.2, -0.15) is 0 Å². The Morgan fingerprint density at radius 2 is 1.85 bits per heavy atom. The molecular weight excluding hydrogens is 348 g/mol. The fourth-order valence-corrected chi connectivity index (χ4v) is 4.38. The van der Waals surface area contributed by atoms with E-state index in [0.717, 1.165) is 17.7 Å². The van der Waals surface area contributed by atoms with Crippen molar-refractivity contribution in [2.75, 3.05) is 24.5 Å². The van der Waals surface area contributed by atoms with Crippen LogP contribution < -0.4 is 4.90 Å². The van der Waals surface area contributed by atoms with E-state index >= 15 is 0 Å². The number of anilines is 1. The predicted molar refractivity (Wildman–Crippen MR) is 102 cm³/mol. The zero-order valence-electron chi connectivity index (χ0n) is 14.7. The first kappa shape index (κ1) is 17.1. The maximum Gasteiger partial charge on any atom is 0.227 e. The molecule has 0 unspecified atom stereocenters. The van der Waals surface area contributed by atoms with Crippen molar-refractivity contribution in [2.24, 2.45) is 5.41 Å². The Kier molecular flexibility index (Phi) is 4.23. The first-order valence-electron chi connectivity index (χ1n) is 8.84. The van der Waals surface area contributed by atoms with Crippen LogP contribution in [0.2, 0.25) is 5.02 Å². The van der Waals surface area contributed by atoms with E-state index < -0.39 is 0 Å². The van der Waals surface area contributed by atoms with Gasteiger partial charge in [-0.15, -0.1) is 0 Å². The van der Waals surface area contributed by atoms with E-state index in [1.54, 1.807) is 6.92 Å². The van der Waals surface area contributed by atoms with Crippen LogP contribution in [0.3, 0.4) is 0 Å². The van der Waals surface area contributed by atoms with Gasteiger partial charge in [0.05, 0.1) is 6.42 Å². The molecule has 0 N–H and O–H groups in total.